The zero-order valence-electron chi connectivity index (χ0n) is 11.3. The van der Waals surface area contributed by atoms with E-state index in [9.17, 15) is 8.78 Å². The Morgan fingerprint density at radius 1 is 1.15 bits per heavy atom. The van der Waals surface area contributed by atoms with Gasteiger partial charge in [0, 0.05) is 12.1 Å². The van der Waals surface area contributed by atoms with Gasteiger partial charge in [0.25, 0.3) is 0 Å². The minimum absolute atomic E-state index is 0.203. The van der Waals surface area contributed by atoms with Crippen molar-refractivity contribution in [3.63, 3.8) is 0 Å². The second-order valence-corrected chi connectivity index (χ2v) is 5.81. The molecule has 5 heteroatoms. The predicted molar refractivity (Wildman–Crippen MR) is 74.5 cm³/mol. The second-order valence-electron chi connectivity index (χ2n) is 5.81. The lowest BCUT2D eigenvalue weighted by Gasteiger charge is -2.36. The molecular formula is C15H19F2N3. The summed E-state index contributed by atoms with van der Waals surface area (Å²) in [7, 11) is 0. The van der Waals surface area contributed by atoms with E-state index in [2.05, 4.69) is 10.3 Å². The molecule has 1 aromatic rings. The molecule has 0 spiro atoms. The molecule has 2 saturated carbocycles. The number of aliphatic imine (C=N–C) groups is 1. The summed E-state index contributed by atoms with van der Waals surface area (Å²) in [6.45, 7) is 0. The lowest BCUT2D eigenvalue weighted by atomic mass is 9.76. The zero-order chi connectivity index (χ0) is 14.1. The van der Waals surface area contributed by atoms with Gasteiger partial charge in [-0.1, -0.05) is 0 Å². The number of rotatable bonds is 3. The van der Waals surface area contributed by atoms with Crippen LogP contribution in [0.3, 0.4) is 0 Å². The Balaban J connectivity index is 1.52. The van der Waals surface area contributed by atoms with Crippen LogP contribution in [0.5, 0.6) is 0 Å². The maximum absolute atomic E-state index is 13.2. The van der Waals surface area contributed by atoms with Gasteiger partial charge in [-0.05, 0) is 55.7 Å². The maximum atomic E-state index is 13.2. The number of hydrogen-bond donors (Lipinski definition) is 2. The van der Waals surface area contributed by atoms with Gasteiger partial charge in [-0.25, -0.2) is 8.78 Å². The molecule has 0 amide bonds. The van der Waals surface area contributed by atoms with Gasteiger partial charge in [-0.15, -0.1) is 0 Å². The van der Waals surface area contributed by atoms with Gasteiger partial charge >= 0.3 is 0 Å². The average Bonchev–Trinajstić information content (AvgIpc) is 2.26. The summed E-state index contributed by atoms with van der Waals surface area (Å²) in [6.07, 6.45) is 5.15. The highest BCUT2D eigenvalue weighted by atomic mass is 19.1. The van der Waals surface area contributed by atoms with E-state index in [0.29, 0.717) is 12.0 Å². The molecule has 1 aromatic carbocycles. The summed E-state index contributed by atoms with van der Waals surface area (Å²) in [4.78, 5) is 4.39. The van der Waals surface area contributed by atoms with Gasteiger partial charge in [0.2, 0.25) is 0 Å². The van der Waals surface area contributed by atoms with Crippen LogP contribution in [0.2, 0.25) is 0 Å². The molecule has 2 aliphatic rings. The fourth-order valence-electron chi connectivity index (χ4n) is 2.78. The third kappa shape index (κ3) is 2.92. The Hall–Kier alpha value is -1.65. The lowest BCUT2D eigenvalue weighted by Crippen LogP contribution is -2.47. The Morgan fingerprint density at radius 3 is 2.35 bits per heavy atom. The topological polar surface area (TPSA) is 50.4 Å². The molecule has 0 atom stereocenters. The van der Waals surface area contributed by atoms with E-state index in [1.54, 1.807) is 0 Å². The smallest absolute Gasteiger partial charge is 0.189 e. The molecule has 3 N–H and O–H groups in total. The van der Waals surface area contributed by atoms with Crippen LogP contribution in [0, 0.1) is 11.6 Å². The normalized spacial score (nSPS) is 26.8. The van der Waals surface area contributed by atoms with Crippen molar-refractivity contribution in [1.29, 1.82) is 0 Å². The van der Waals surface area contributed by atoms with E-state index in [1.165, 1.54) is 18.6 Å². The third-order valence-electron chi connectivity index (χ3n) is 4.24. The molecule has 0 aliphatic heterocycles. The molecule has 2 aliphatic carbocycles. The highest BCUT2D eigenvalue weighted by Gasteiger charge is 2.31. The quantitative estimate of drug-likeness (QED) is 0.660. The van der Waals surface area contributed by atoms with Crippen molar-refractivity contribution in [2.45, 2.75) is 50.1 Å². The molecule has 0 unspecified atom stereocenters. The van der Waals surface area contributed by atoms with E-state index in [1.807, 2.05) is 0 Å². The van der Waals surface area contributed by atoms with Crippen molar-refractivity contribution in [3.05, 3.63) is 35.4 Å². The molecule has 2 fully saturated rings. The predicted octanol–water partition coefficient (Wildman–Crippen LogP) is 2.67. The minimum Gasteiger partial charge on any atom is -0.370 e. The van der Waals surface area contributed by atoms with Crippen molar-refractivity contribution >= 4 is 5.96 Å². The van der Waals surface area contributed by atoms with Crippen molar-refractivity contribution in [3.8, 4) is 0 Å². The summed E-state index contributed by atoms with van der Waals surface area (Å²) in [5.74, 6) is -0.317. The number of halogens is 2. The van der Waals surface area contributed by atoms with Crippen molar-refractivity contribution in [2.75, 3.05) is 0 Å². The molecular weight excluding hydrogens is 260 g/mol. The highest BCUT2D eigenvalue weighted by Crippen LogP contribution is 2.37. The van der Waals surface area contributed by atoms with Crippen molar-refractivity contribution in [1.82, 2.24) is 5.32 Å². The number of hydrogen-bond acceptors (Lipinski definition) is 1. The first-order chi connectivity index (χ1) is 9.60. The van der Waals surface area contributed by atoms with Gasteiger partial charge in [-0.3, -0.25) is 4.99 Å². The third-order valence-corrected chi connectivity index (χ3v) is 4.24. The van der Waals surface area contributed by atoms with Crippen LogP contribution in [-0.2, 0) is 0 Å². The summed E-state index contributed by atoms with van der Waals surface area (Å²) in [5, 5.41) is 3.18. The first-order valence-corrected chi connectivity index (χ1v) is 7.16. The summed E-state index contributed by atoms with van der Waals surface area (Å²) >= 11 is 0. The molecule has 0 saturated heterocycles. The van der Waals surface area contributed by atoms with Gasteiger partial charge in [0.1, 0.15) is 11.6 Å². The number of guanidine groups is 1. The van der Waals surface area contributed by atoms with Crippen LogP contribution in [0.4, 0.5) is 8.78 Å². The molecule has 0 heterocycles. The fraction of sp³-hybridized carbons (Fsp3) is 0.533. The molecule has 20 heavy (non-hydrogen) atoms. The molecule has 3 rings (SSSR count). The van der Waals surface area contributed by atoms with Crippen LogP contribution in [0.1, 0.15) is 43.6 Å². The Labute approximate surface area is 117 Å². The van der Waals surface area contributed by atoms with E-state index in [0.717, 1.165) is 37.3 Å². The number of benzene rings is 1. The van der Waals surface area contributed by atoms with Gasteiger partial charge < -0.3 is 11.1 Å². The Morgan fingerprint density at radius 2 is 1.80 bits per heavy atom. The van der Waals surface area contributed by atoms with E-state index in [4.69, 9.17) is 5.73 Å². The average molecular weight is 279 g/mol. The van der Waals surface area contributed by atoms with Gasteiger partial charge in [0.15, 0.2) is 5.96 Å². The van der Waals surface area contributed by atoms with Crippen molar-refractivity contribution in [2.24, 2.45) is 10.7 Å². The molecule has 3 nitrogen and oxygen atoms in total. The first kappa shape index (κ1) is 13.3. The van der Waals surface area contributed by atoms with E-state index in [-0.39, 0.29) is 12.0 Å². The zero-order valence-corrected chi connectivity index (χ0v) is 11.3. The Kier molecular flexibility index (Phi) is 3.59. The van der Waals surface area contributed by atoms with Crippen LogP contribution in [0.15, 0.2) is 23.2 Å². The van der Waals surface area contributed by atoms with Gasteiger partial charge in [0.05, 0.1) is 6.04 Å². The standard InChI is InChI=1S/C15H19F2N3/c16-11-4-9(5-12(17)8-11)10-6-14(7-10)20-15(18)19-13-2-1-3-13/h4-5,8,10,13-14H,1-3,6-7H2,(H3,18,19,20). The molecule has 108 valence electrons. The highest BCUT2D eigenvalue weighted by molar-refractivity contribution is 5.78. The van der Waals surface area contributed by atoms with E-state index < -0.39 is 11.6 Å². The van der Waals surface area contributed by atoms with Crippen LogP contribution >= 0.6 is 0 Å². The number of nitrogens with zero attached hydrogens (tertiary/aromatic N) is 1. The van der Waals surface area contributed by atoms with Crippen LogP contribution in [0.25, 0.3) is 0 Å². The van der Waals surface area contributed by atoms with E-state index >= 15 is 0 Å². The monoisotopic (exact) mass is 279 g/mol. The summed E-state index contributed by atoms with van der Waals surface area (Å²) < 4.78 is 26.3. The fourth-order valence-corrected chi connectivity index (χ4v) is 2.78. The van der Waals surface area contributed by atoms with Crippen molar-refractivity contribution < 1.29 is 8.78 Å². The second kappa shape index (κ2) is 5.38. The largest absolute Gasteiger partial charge is 0.370 e. The number of nitrogens with one attached hydrogen (secondary N) is 1. The minimum atomic E-state index is -0.512. The SMILES string of the molecule is NC(=NC1CCC1)NC1CC(c2cc(F)cc(F)c2)C1. The summed E-state index contributed by atoms with van der Waals surface area (Å²) in [5.41, 5.74) is 6.58. The molecule has 0 bridgehead atoms. The summed E-state index contributed by atoms with van der Waals surface area (Å²) in [6, 6.07) is 4.37. The molecule has 0 radical (unpaired) electrons. The Bertz CT molecular complexity index is 500. The maximum Gasteiger partial charge on any atom is 0.189 e. The first-order valence-electron chi connectivity index (χ1n) is 7.16. The number of nitrogens with two attached hydrogens (primary N) is 1. The van der Waals surface area contributed by atoms with Crippen LogP contribution in [-0.4, -0.2) is 18.0 Å². The molecule has 0 aromatic heterocycles. The van der Waals surface area contributed by atoms with Gasteiger partial charge in [-0.2, -0.15) is 0 Å². The van der Waals surface area contributed by atoms with Crippen LogP contribution < -0.4 is 11.1 Å². The lowest BCUT2D eigenvalue weighted by molar-refractivity contribution is 0.320.